The van der Waals surface area contributed by atoms with Gasteiger partial charge in [-0.05, 0) is 77.3 Å². The minimum atomic E-state index is -5.08. The van der Waals surface area contributed by atoms with Gasteiger partial charge in [-0.1, -0.05) is 6.42 Å². The number of unbranched alkanes of at least 4 members (excludes halogenated alkanes) is 4. The van der Waals surface area contributed by atoms with Crippen LogP contribution in [0.2, 0.25) is 0 Å². The number of hydrogen-bond acceptors (Lipinski definition) is 18. The number of carboxylic acids is 5. The Morgan fingerprint density at radius 1 is 0.490 bits per heavy atom. The van der Waals surface area contributed by atoms with E-state index in [0.717, 1.165) is 12.8 Å². The van der Waals surface area contributed by atoms with E-state index >= 15 is 0 Å². The average Bonchev–Trinajstić information content (AvgIpc) is 0.939. The number of thiol groups is 1. The summed E-state index contributed by atoms with van der Waals surface area (Å²) in [6.45, 7) is 1.61. The van der Waals surface area contributed by atoms with Gasteiger partial charge in [0.25, 0.3) is 0 Å². The Bertz CT molecular complexity index is 2460. The minimum Gasteiger partial charge on any atom is -0.475 e. The summed E-state index contributed by atoms with van der Waals surface area (Å²) in [6, 6.07) is -2.82. The molecule has 1 aromatic heterocycles. The normalized spacial score (nSPS) is 11.9. The molecule has 0 unspecified atom stereocenters. The highest BCUT2D eigenvalue weighted by Crippen LogP contribution is 2.18. The second-order valence-electron chi connectivity index (χ2n) is 18.9. The summed E-state index contributed by atoms with van der Waals surface area (Å²) in [5.74, 6) is -16.1. The predicted octanol–water partition coefficient (Wildman–Crippen LogP) is -0.230. The molecule has 0 aliphatic rings. The van der Waals surface area contributed by atoms with E-state index in [2.05, 4.69) is 53.8 Å². The fourth-order valence-electron chi connectivity index (χ4n) is 6.42. The van der Waals surface area contributed by atoms with Crippen LogP contribution in [0.4, 0.5) is 65.9 Å². The number of amides is 6. The van der Waals surface area contributed by atoms with Crippen LogP contribution in [-0.4, -0.2) is 243 Å². The molecule has 1 rings (SSSR count). The Hall–Kier alpha value is -8.90. The molecule has 3 atom stereocenters. The molecule has 0 radical (unpaired) electrons. The van der Waals surface area contributed by atoms with Crippen molar-refractivity contribution in [2.24, 2.45) is 50.1 Å². The largest absolute Gasteiger partial charge is 0.490 e. The first kappa shape index (κ1) is 97.8. The van der Waals surface area contributed by atoms with Crippen molar-refractivity contribution in [1.82, 2.24) is 41.0 Å². The number of alkyl halides is 15. The first-order chi connectivity index (χ1) is 45.0. The number of aliphatic imine (C=N–C) groups is 2. The Morgan fingerprint density at radius 2 is 0.837 bits per heavy atom. The van der Waals surface area contributed by atoms with E-state index in [-0.39, 0.29) is 107 Å². The van der Waals surface area contributed by atoms with Crippen molar-refractivity contribution >= 4 is 89.8 Å². The molecule has 98 heavy (non-hydrogen) atoms. The van der Waals surface area contributed by atoms with Gasteiger partial charge in [0, 0.05) is 89.3 Å². The molecule has 0 aliphatic heterocycles. The lowest BCUT2D eigenvalue weighted by Crippen LogP contribution is -2.55. The number of carboxylic acid groups (broad SMARTS) is 5. The summed E-state index contributed by atoms with van der Waals surface area (Å²) in [5, 5.41) is 46.9. The smallest absolute Gasteiger partial charge is 0.475 e. The number of carbonyl (C=O) groups is 11. The number of carbonyl (C=O) groups excluding carboxylic acids is 6. The molecule has 0 saturated heterocycles. The molecule has 33 nitrogen and oxygen atoms in total. The Kier molecular flexibility index (Phi) is 52.1. The molecule has 0 saturated carbocycles. The highest BCUT2D eigenvalue weighted by Gasteiger charge is 2.41. The predicted molar refractivity (Wildman–Crippen MR) is 315 cm³/mol. The summed E-state index contributed by atoms with van der Waals surface area (Å²) >= 11 is 4.08. The second-order valence-corrected chi connectivity index (χ2v) is 19.3. The number of halogens is 15. The summed E-state index contributed by atoms with van der Waals surface area (Å²) < 4.78 is 159. The number of aliphatic carboxylic acids is 5. The third-order valence-electron chi connectivity index (χ3n) is 11.0. The van der Waals surface area contributed by atoms with E-state index < -0.39 is 96.6 Å². The van der Waals surface area contributed by atoms with Crippen LogP contribution in [-0.2, 0) is 59.2 Å². The van der Waals surface area contributed by atoms with Crippen LogP contribution < -0.4 is 61.4 Å². The summed E-state index contributed by atoms with van der Waals surface area (Å²) in [5.41, 5.74) is 39.8. The van der Waals surface area contributed by atoms with Crippen molar-refractivity contribution in [2.45, 2.75) is 139 Å². The molecular formula is C49H80F15N17O16S. The number of aromatic amines is 1. The van der Waals surface area contributed by atoms with Gasteiger partial charge in [0.1, 0.15) is 12.1 Å². The van der Waals surface area contributed by atoms with Gasteiger partial charge in [-0.2, -0.15) is 78.5 Å². The topological polar surface area (TPSA) is 579 Å². The first-order valence-electron chi connectivity index (χ1n) is 28.0. The molecule has 24 N–H and O–H groups in total. The second kappa shape index (κ2) is 52.3. The van der Waals surface area contributed by atoms with Crippen LogP contribution in [0.1, 0.15) is 89.2 Å². The molecule has 0 fully saturated rings. The van der Waals surface area contributed by atoms with Crippen LogP contribution in [0.5, 0.6) is 0 Å². The fourth-order valence-corrected chi connectivity index (χ4v) is 6.58. The molecule has 1 heterocycles. The number of aryl methyl sites for hydroxylation is 1. The van der Waals surface area contributed by atoms with E-state index in [1.165, 1.54) is 16.1 Å². The van der Waals surface area contributed by atoms with Gasteiger partial charge >= 0.3 is 60.7 Å². The minimum absolute atomic E-state index is 0.00344. The molecular weight excluding hydrogens is 1400 g/mol. The number of nitrogens with one attached hydrogen (secondary N) is 5. The molecule has 0 aliphatic carbocycles. The van der Waals surface area contributed by atoms with Gasteiger partial charge in [-0.3, -0.25) is 38.8 Å². The van der Waals surface area contributed by atoms with Gasteiger partial charge in [0.05, 0.1) is 12.4 Å². The number of guanidine groups is 2. The number of aromatic nitrogens is 2. The zero-order valence-electron chi connectivity index (χ0n) is 51.7. The number of imidazole rings is 1. The maximum Gasteiger partial charge on any atom is 0.490 e. The number of hydrogen-bond donors (Lipinski definition) is 18. The molecule has 0 aromatic carbocycles. The Balaban J connectivity index is -0.000000660. The van der Waals surface area contributed by atoms with Crippen LogP contribution in [0.3, 0.4) is 0 Å². The molecule has 0 spiro atoms. The molecule has 0 bridgehead atoms. The lowest BCUT2D eigenvalue weighted by molar-refractivity contribution is -0.193. The summed E-state index contributed by atoms with van der Waals surface area (Å²) in [7, 11) is 0. The van der Waals surface area contributed by atoms with Crippen molar-refractivity contribution in [2.75, 3.05) is 71.2 Å². The fraction of sp³-hybridized carbons (Fsp3) is 0.673. The SMILES string of the molecule is NCCCCCC(=O)NCCNC(=O)[C@H](CCCN=C(N)N)N(CCNC(=O)[C@H](CCCCN)N(CCNC(=O)[C@@H](N)CS)C(=O)CCCCN=C(N)N)C(=O)CCc1cnc[nH]1.O=C(O)C(F)(F)F.O=C(O)C(F)(F)F.O=C(O)C(F)(F)F.O=C(O)C(F)(F)F.O=C(O)C(F)(F)F. The maximum absolute atomic E-state index is 14.2. The lowest BCUT2D eigenvalue weighted by Gasteiger charge is -2.33. The third-order valence-corrected chi connectivity index (χ3v) is 11.4. The summed E-state index contributed by atoms with van der Waals surface area (Å²) in [6.07, 6.45) is -16.3. The maximum atomic E-state index is 14.2. The van der Waals surface area contributed by atoms with E-state index in [1.54, 1.807) is 6.20 Å². The van der Waals surface area contributed by atoms with Gasteiger partial charge in [0.2, 0.25) is 35.4 Å². The molecule has 6 amide bonds. The third kappa shape index (κ3) is 55.3. The first-order valence-corrected chi connectivity index (χ1v) is 28.6. The highest BCUT2D eigenvalue weighted by atomic mass is 32.1. The summed E-state index contributed by atoms with van der Waals surface area (Å²) in [4.78, 5) is 143. The molecule has 49 heteroatoms. The van der Waals surface area contributed by atoms with Crippen molar-refractivity contribution in [3.8, 4) is 0 Å². The van der Waals surface area contributed by atoms with Gasteiger partial charge < -0.3 is 102 Å². The van der Waals surface area contributed by atoms with Crippen molar-refractivity contribution in [3.63, 3.8) is 0 Å². The number of nitrogens with zero attached hydrogens (tertiary/aromatic N) is 5. The average molecular weight is 1480 g/mol. The van der Waals surface area contributed by atoms with Gasteiger partial charge in [0.15, 0.2) is 11.9 Å². The van der Waals surface area contributed by atoms with Crippen molar-refractivity contribution in [1.29, 1.82) is 0 Å². The Labute approximate surface area is 552 Å². The van der Waals surface area contributed by atoms with Crippen LogP contribution in [0.15, 0.2) is 22.5 Å². The van der Waals surface area contributed by atoms with E-state index in [4.69, 9.17) is 89.6 Å². The lowest BCUT2D eigenvalue weighted by atomic mass is 10.0. The zero-order chi connectivity index (χ0) is 77.2. The molecule has 568 valence electrons. The van der Waals surface area contributed by atoms with E-state index in [1.807, 2.05) is 0 Å². The van der Waals surface area contributed by atoms with Gasteiger partial charge in [-0.15, -0.1) is 0 Å². The van der Waals surface area contributed by atoms with Crippen molar-refractivity contribution < 1.29 is 144 Å². The van der Waals surface area contributed by atoms with Crippen molar-refractivity contribution in [3.05, 3.63) is 18.2 Å². The standard InChI is InChI=1S/C39H75N17O6S.5C2HF3O2/c40-15-5-1-2-11-32(57)48-19-20-49-36(61)31(10-8-18-53-39(45)46)56(34(59)14-13-28-25-47-27-54-28)24-22-51-37(62)30(9-3-6-16-41)55(23-21-50-35(60)29(42)26-63)33(58)12-4-7-17-52-38(43)44;5*3-2(4,5)1(6)7/h25,27,29-31,63H,1-24,26,40-42H2,(H,47,54)(H,48,57)(H,49,61)(H,50,60)(H,51,62)(H4,43,44,52)(H4,45,46,53);5*(H,6,7)/t29-,30-,31-;;;;;/m0...../s1. The Morgan fingerprint density at radius 3 is 1.20 bits per heavy atom. The van der Waals surface area contributed by atoms with Crippen LogP contribution in [0.25, 0.3) is 0 Å². The quantitative estimate of drug-likeness (QED) is 0.0136. The molecule has 1 aromatic rings. The number of nitrogens with two attached hydrogens (primary N) is 7. The number of H-pyrrole nitrogens is 1. The zero-order valence-corrected chi connectivity index (χ0v) is 52.6. The van der Waals surface area contributed by atoms with Crippen LogP contribution >= 0.6 is 12.6 Å². The monoisotopic (exact) mass is 1480 g/mol. The van der Waals surface area contributed by atoms with Gasteiger partial charge in [-0.25, -0.2) is 29.0 Å². The van der Waals surface area contributed by atoms with E-state index in [0.29, 0.717) is 76.7 Å². The van der Waals surface area contributed by atoms with Crippen LogP contribution in [0, 0.1) is 0 Å². The highest BCUT2D eigenvalue weighted by molar-refractivity contribution is 7.80. The number of rotatable bonds is 36. The van der Waals surface area contributed by atoms with E-state index in [9.17, 15) is 94.6 Å².